The lowest BCUT2D eigenvalue weighted by atomic mass is 9.80. The highest BCUT2D eigenvalue weighted by atomic mass is 19.1. The minimum atomic E-state index is -1.62. The molecule has 0 aliphatic heterocycles. The van der Waals surface area contributed by atoms with Crippen LogP contribution in [0.5, 0.6) is 0 Å². The zero-order valence-electron chi connectivity index (χ0n) is 12.6. The minimum absolute atomic E-state index is 0.208. The Kier molecular flexibility index (Phi) is 5.69. The summed E-state index contributed by atoms with van der Waals surface area (Å²) in [6, 6.07) is 4.77. The van der Waals surface area contributed by atoms with Crippen molar-refractivity contribution in [1.29, 1.82) is 0 Å². The van der Waals surface area contributed by atoms with E-state index < -0.39 is 17.5 Å². The molecule has 1 aromatic rings. The van der Waals surface area contributed by atoms with Crippen molar-refractivity contribution in [2.24, 2.45) is 0 Å². The second-order valence-corrected chi connectivity index (χ2v) is 5.13. The summed E-state index contributed by atoms with van der Waals surface area (Å²) in [5.41, 5.74) is -0.486. The molecule has 1 rings (SSSR count). The Balaban J connectivity index is 3.12. The van der Waals surface area contributed by atoms with E-state index in [1.54, 1.807) is 32.9 Å². The summed E-state index contributed by atoms with van der Waals surface area (Å²) in [5.74, 6) is -1.51. The lowest BCUT2D eigenvalue weighted by Crippen LogP contribution is -2.44. The molecule has 0 radical (unpaired) electrons. The molecule has 0 heterocycles. The topological polar surface area (TPSA) is 46.5 Å². The summed E-state index contributed by atoms with van der Waals surface area (Å²) >= 11 is 0. The van der Waals surface area contributed by atoms with E-state index in [2.05, 4.69) is 0 Å². The van der Waals surface area contributed by atoms with Crippen molar-refractivity contribution < 1.29 is 19.0 Å². The third-order valence-corrected chi connectivity index (χ3v) is 3.67. The fourth-order valence-corrected chi connectivity index (χ4v) is 2.29. The Bertz CT molecular complexity index is 473. The van der Waals surface area contributed by atoms with Crippen LogP contribution in [0.1, 0.15) is 50.7 Å². The van der Waals surface area contributed by atoms with Crippen LogP contribution in [0.25, 0.3) is 0 Å². The molecule has 0 spiro atoms. The van der Waals surface area contributed by atoms with Gasteiger partial charge in [0.2, 0.25) is 0 Å². The Morgan fingerprint density at radius 3 is 2.60 bits per heavy atom. The van der Waals surface area contributed by atoms with Crippen LogP contribution in [0, 0.1) is 12.7 Å². The first-order valence-electron chi connectivity index (χ1n) is 7.02. The zero-order valence-corrected chi connectivity index (χ0v) is 12.6. The summed E-state index contributed by atoms with van der Waals surface area (Å²) < 4.78 is 18.6. The molecule has 0 saturated heterocycles. The molecule has 3 nitrogen and oxygen atoms in total. The highest BCUT2D eigenvalue weighted by Crippen LogP contribution is 2.33. The van der Waals surface area contributed by atoms with E-state index in [-0.39, 0.29) is 18.8 Å². The fourth-order valence-electron chi connectivity index (χ4n) is 2.29. The highest BCUT2D eigenvalue weighted by molar-refractivity contribution is 5.80. The molecule has 0 amide bonds. The number of hydrogen-bond donors (Lipinski definition) is 1. The lowest BCUT2D eigenvalue weighted by molar-refractivity contribution is -0.168. The number of halogens is 1. The van der Waals surface area contributed by atoms with E-state index in [9.17, 15) is 14.3 Å². The van der Waals surface area contributed by atoms with Crippen LogP contribution in [-0.4, -0.2) is 23.3 Å². The second-order valence-electron chi connectivity index (χ2n) is 5.13. The molecule has 0 aromatic heterocycles. The Morgan fingerprint density at radius 2 is 2.10 bits per heavy atom. The molecule has 112 valence electrons. The van der Waals surface area contributed by atoms with Crippen LogP contribution in [0.4, 0.5) is 4.39 Å². The van der Waals surface area contributed by atoms with E-state index in [1.165, 1.54) is 6.07 Å². The van der Waals surface area contributed by atoms with Crippen LogP contribution >= 0.6 is 0 Å². The first-order chi connectivity index (χ1) is 9.36. The van der Waals surface area contributed by atoms with Gasteiger partial charge in [-0.25, -0.2) is 9.18 Å². The minimum Gasteiger partial charge on any atom is -0.464 e. The summed E-state index contributed by atoms with van der Waals surface area (Å²) in [5, 5.41) is 10.7. The standard InChI is InChI=1S/C16H23FO3/c1-5-9-16(19,15(18)20-6-2)12(4)13-8-7-11(3)14(17)10-13/h7-8,10,12,19H,5-6,9H2,1-4H3. The Morgan fingerprint density at radius 1 is 1.45 bits per heavy atom. The SMILES string of the molecule is CCCC(O)(C(=O)OCC)C(C)c1ccc(C)c(F)c1. The summed E-state index contributed by atoms with van der Waals surface area (Å²) in [4.78, 5) is 12.1. The van der Waals surface area contributed by atoms with Gasteiger partial charge in [-0.15, -0.1) is 0 Å². The fraction of sp³-hybridized carbons (Fsp3) is 0.562. The van der Waals surface area contributed by atoms with Crippen molar-refractivity contribution in [3.05, 3.63) is 35.1 Å². The second kappa shape index (κ2) is 6.84. The largest absolute Gasteiger partial charge is 0.464 e. The predicted molar refractivity (Wildman–Crippen MR) is 76.0 cm³/mol. The highest BCUT2D eigenvalue weighted by Gasteiger charge is 2.43. The van der Waals surface area contributed by atoms with Crippen molar-refractivity contribution in [1.82, 2.24) is 0 Å². The van der Waals surface area contributed by atoms with Crippen molar-refractivity contribution in [3.8, 4) is 0 Å². The molecule has 0 saturated carbocycles. The molecular formula is C16H23FO3. The maximum absolute atomic E-state index is 13.7. The van der Waals surface area contributed by atoms with E-state index in [0.29, 0.717) is 17.5 Å². The predicted octanol–water partition coefficient (Wildman–Crippen LogP) is 3.33. The van der Waals surface area contributed by atoms with E-state index in [1.807, 2.05) is 6.92 Å². The summed E-state index contributed by atoms with van der Waals surface area (Å²) in [7, 11) is 0. The molecule has 2 atom stereocenters. The van der Waals surface area contributed by atoms with Gasteiger partial charge in [0.25, 0.3) is 0 Å². The summed E-state index contributed by atoms with van der Waals surface area (Å²) in [6.45, 7) is 7.18. The summed E-state index contributed by atoms with van der Waals surface area (Å²) in [6.07, 6.45) is 0.913. The Labute approximate surface area is 119 Å². The molecule has 1 N–H and O–H groups in total. The average Bonchev–Trinajstić information content (AvgIpc) is 2.41. The molecule has 0 bridgehead atoms. The molecule has 0 fully saturated rings. The number of benzene rings is 1. The molecule has 2 unspecified atom stereocenters. The number of ether oxygens (including phenoxy) is 1. The first-order valence-corrected chi connectivity index (χ1v) is 7.02. The van der Waals surface area contributed by atoms with Crippen molar-refractivity contribution >= 4 is 5.97 Å². The van der Waals surface area contributed by atoms with Crippen LogP contribution in [0.15, 0.2) is 18.2 Å². The number of rotatable bonds is 6. The van der Waals surface area contributed by atoms with E-state index in [4.69, 9.17) is 4.74 Å². The van der Waals surface area contributed by atoms with Gasteiger partial charge in [-0.05, 0) is 37.5 Å². The maximum atomic E-state index is 13.7. The van der Waals surface area contributed by atoms with Crippen LogP contribution in [-0.2, 0) is 9.53 Å². The van der Waals surface area contributed by atoms with Crippen molar-refractivity contribution in [2.75, 3.05) is 6.61 Å². The third kappa shape index (κ3) is 3.37. The Hall–Kier alpha value is -1.42. The monoisotopic (exact) mass is 282 g/mol. The molecule has 0 aliphatic carbocycles. The number of aliphatic hydroxyl groups is 1. The zero-order chi connectivity index (χ0) is 15.3. The van der Waals surface area contributed by atoms with Gasteiger partial charge in [0, 0.05) is 5.92 Å². The number of carbonyl (C=O) groups excluding carboxylic acids is 1. The van der Waals surface area contributed by atoms with Gasteiger partial charge in [0.15, 0.2) is 5.60 Å². The van der Waals surface area contributed by atoms with Crippen molar-refractivity contribution in [3.63, 3.8) is 0 Å². The third-order valence-electron chi connectivity index (χ3n) is 3.67. The van der Waals surface area contributed by atoms with Gasteiger partial charge >= 0.3 is 5.97 Å². The van der Waals surface area contributed by atoms with Gasteiger partial charge < -0.3 is 9.84 Å². The van der Waals surface area contributed by atoms with Crippen LogP contribution in [0.3, 0.4) is 0 Å². The van der Waals surface area contributed by atoms with E-state index >= 15 is 0 Å². The van der Waals surface area contributed by atoms with Crippen LogP contribution in [0.2, 0.25) is 0 Å². The van der Waals surface area contributed by atoms with Crippen LogP contribution < -0.4 is 0 Å². The number of hydrogen-bond acceptors (Lipinski definition) is 3. The number of esters is 1. The molecule has 4 heteroatoms. The smallest absolute Gasteiger partial charge is 0.338 e. The van der Waals surface area contributed by atoms with Crippen molar-refractivity contribution in [2.45, 2.75) is 52.1 Å². The molecule has 20 heavy (non-hydrogen) atoms. The molecule has 0 aliphatic rings. The maximum Gasteiger partial charge on any atom is 0.338 e. The van der Waals surface area contributed by atoms with Gasteiger partial charge in [-0.1, -0.05) is 32.4 Å². The average molecular weight is 282 g/mol. The lowest BCUT2D eigenvalue weighted by Gasteiger charge is -2.32. The molecule has 1 aromatic carbocycles. The number of carbonyl (C=O) groups is 1. The molecular weight excluding hydrogens is 259 g/mol. The first kappa shape index (κ1) is 16.6. The normalized spacial score (nSPS) is 15.5. The van der Waals surface area contributed by atoms with Gasteiger partial charge in [-0.2, -0.15) is 0 Å². The van der Waals surface area contributed by atoms with Gasteiger partial charge in [0.05, 0.1) is 6.61 Å². The van der Waals surface area contributed by atoms with Gasteiger partial charge in [0.1, 0.15) is 5.82 Å². The van der Waals surface area contributed by atoms with E-state index in [0.717, 1.165) is 0 Å². The van der Waals surface area contributed by atoms with Gasteiger partial charge in [-0.3, -0.25) is 0 Å². The number of aryl methyl sites for hydroxylation is 1. The quantitative estimate of drug-likeness (QED) is 0.814.